The van der Waals surface area contributed by atoms with E-state index in [0.717, 1.165) is 24.5 Å². The zero-order valence-corrected chi connectivity index (χ0v) is 18.5. The first-order valence-corrected chi connectivity index (χ1v) is 11.3. The Balaban J connectivity index is 1.43. The van der Waals surface area contributed by atoms with E-state index in [9.17, 15) is 13.6 Å². The summed E-state index contributed by atoms with van der Waals surface area (Å²) in [5.41, 5.74) is 1.08. The highest BCUT2D eigenvalue weighted by molar-refractivity contribution is 5.91. The molecule has 0 N–H and O–H groups in total. The van der Waals surface area contributed by atoms with Crippen LogP contribution in [0.25, 0.3) is 22.2 Å². The number of hydrogen-bond donors (Lipinski definition) is 0. The van der Waals surface area contributed by atoms with E-state index in [1.54, 1.807) is 0 Å². The van der Waals surface area contributed by atoms with Gasteiger partial charge in [0.05, 0.1) is 35.6 Å². The minimum absolute atomic E-state index is 0.0967. The van der Waals surface area contributed by atoms with Crippen LogP contribution >= 0.6 is 0 Å². The predicted molar refractivity (Wildman–Crippen MR) is 119 cm³/mol. The molecule has 0 unspecified atom stereocenters. The molecule has 4 aromatic rings. The molecule has 3 aromatic heterocycles. The van der Waals surface area contributed by atoms with Gasteiger partial charge >= 0.3 is 0 Å². The van der Waals surface area contributed by atoms with Gasteiger partial charge in [0.15, 0.2) is 0 Å². The number of hydrogen-bond acceptors (Lipinski definition) is 6. The Morgan fingerprint density at radius 3 is 2.74 bits per heavy atom. The van der Waals surface area contributed by atoms with Crippen molar-refractivity contribution in [3.8, 4) is 11.3 Å². The zero-order valence-electron chi connectivity index (χ0n) is 18.5. The first-order chi connectivity index (χ1) is 16.5. The average Bonchev–Trinajstić information content (AvgIpc) is 3.57. The first kappa shape index (κ1) is 21.0. The van der Waals surface area contributed by atoms with Crippen molar-refractivity contribution >= 4 is 10.9 Å². The van der Waals surface area contributed by atoms with Crippen LogP contribution in [0.2, 0.25) is 0 Å². The topological polar surface area (TPSA) is 87.7 Å². The van der Waals surface area contributed by atoms with Crippen LogP contribution in [0.1, 0.15) is 55.1 Å². The van der Waals surface area contributed by atoms with Gasteiger partial charge < -0.3 is 4.74 Å². The fraction of sp³-hybridized carbons (Fsp3) is 0.375. The smallest absolute Gasteiger partial charge is 0.293 e. The second-order valence-electron chi connectivity index (χ2n) is 8.96. The van der Waals surface area contributed by atoms with Crippen LogP contribution in [0.5, 0.6) is 0 Å². The van der Waals surface area contributed by atoms with Crippen LogP contribution < -0.4 is 5.56 Å². The zero-order chi connectivity index (χ0) is 23.4. The highest BCUT2D eigenvalue weighted by atomic mass is 19.1. The molecule has 10 heteroatoms. The molecule has 6 rings (SSSR count). The quantitative estimate of drug-likeness (QED) is 0.456. The maximum absolute atomic E-state index is 14.7. The lowest BCUT2D eigenvalue weighted by Gasteiger charge is -2.28. The number of ether oxygens (including phenoxy) is 1. The fourth-order valence-electron chi connectivity index (χ4n) is 4.51. The minimum Gasteiger partial charge on any atom is -0.373 e. The van der Waals surface area contributed by atoms with Crippen molar-refractivity contribution in [3.05, 3.63) is 70.2 Å². The van der Waals surface area contributed by atoms with Crippen LogP contribution in [-0.2, 0) is 11.8 Å². The molecule has 8 nitrogen and oxygen atoms in total. The molecule has 0 spiro atoms. The summed E-state index contributed by atoms with van der Waals surface area (Å²) in [6.45, 7) is 0.500. The molecule has 2 atom stereocenters. The third-order valence-corrected chi connectivity index (χ3v) is 6.57. The van der Waals surface area contributed by atoms with Gasteiger partial charge in [-0.05, 0) is 37.8 Å². The van der Waals surface area contributed by atoms with E-state index >= 15 is 0 Å². The Labute approximate surface area is 193 Å². The Bertz CT molecular complexity index is 1460. The third-order valence-electron chi connectivity index (χ3n) is 6.57. The maximum atomic E-state index is 14.7. The molecule has 1 saturated heterocycles. The number of fused-ring (bicyclic) bond motifs is 1. The lowest BCUT2D eigenvalue weighted by molar-refractivity contribution is 0.00397. The van der Waals surface area contributed by atoms with E-state index < -0.39 is 17.2 Å². The molecule has 34 heavy (non-hydrogen) atoms. The molecule has 1 aromatic carbocycles. The van der Waals surface area contributed by atoms with Crippen LogP contribution in [-0.4, -0.2) is 36.1 Å². The van der Waals surface area contributed by atoms with Crippen molar-refractivity contribution in [1.82, 2.24) is 29.5 Å². The Morgan fingerprint density at radius 2 is 1.94 bits per heavy atom. The molecule has 0 amide bonds. The summed E-state index contributed by atoms with van der Waals surface area (Å²) >= 11 is 0. The average molecular weight is 464 g/mol. The molecule has 2 aliphatic rings. The van der Waals surface area contributed by atoms with Crippen molar-refractivity contribution in [3.63, 3.8) is 0 Å². The molecule has 174 valence electrons. The van der Waals surface area contributed by atoms with Crippen molar-refractivity contribution in [2.75, 3.05) is 6.61 Å². The molecular weight excluding hydrogens is 442 g/mol. The van der Waals surface area contributed by atoms with Crippen molar-refractivity contribution in [2.24, 2.45) is 7.05 Å². The molecule has 4 heterocycles. The summed E-state index contributed by atoms with van der Waals surface area (Å²) in [5.74, 6) is -1.11. The molecule has 2 fully saturated rings. The third kappa shape index (κ3) is 3.67. The van der Waals surface area contributed by atoms with E-state index in [1.165, 1.54) is 30.1 Å². The molecule has 0 bridgehead atoms. The normalized spacial score (nSPS) is 20.7. The summed E-state index contributed by atoms with van der Waals surface area (Å²) in [7, 11) is 1.53. The molecular formula is C24H22F2N6O2. The largest absolute Gasteiger partial charge is 0.373 e. The van der Waals surface area contributed by atoms with Crippen LogP contribution in [0.3, 0.4) is 0 Å². The van der Waals surface area contributed by atoms with Crippen LogP contribution in [0.4, 0.5) is 8.78 Å². The number of aromatic nitrogens is 6. The molecule has 1 aliphatic carbocycles. The molecule has 0 radical (unpaired) electrons. The summed E-state index contributed by atoms with van der Waals surface area (Å²) < 4.78 is 37.5. The summed E-state index contributed by atoms with van der Waals surface area (Å²) in [4.78, 5) is 22.2. The van der Waals surface area contributed by atoms with Crippen molar-refractivity contribution < 1.29 is 13.5 Å². The van der Waals surface area contributed by atoms with Gasteiger partial charge in [0, 0.05) is 43.0 Å². The summed E-state index contributed by atoms with van der Waals surface area (Å²) in [6.07, 6.45) is 8.71. The number of benzene rings is 1. The Morgan fingerprint density at radius 1 is 1.09 bits per heavy atom. The van der Waals surface area contributed by atoms with E-state index in [-0.39, 0.29) is 28.8 Å². The number of aryl methyl sites for hydroxylation is 1. The van der Waals surface area contributed by atoms with Gasteiger partial charge in [-0.25, -0.2) is 23.4 Å². The molecule has 1 aliphatic heterocycles. The van der Waals surface area contributed by atoms with Gasteiger partial charge in [-0.1, -0.05) is 0 Å². The number of halogens is 2. The van der Waals surface area contributed by atoms with Gasteiger partial charge in [0.1, 0.15) is 23.0 Å². The second-order valence-corrected chi connectivity index (χ2v) is 8.96. The van der Waals surface area contributed by atoms with E-state index in [0.29, 0.717) is 36.7 Å². The maximum Gasteiger partial charge on any atom is 0.293 e. The predicted octanol–water partition coefficient (Wildman–Crippen LogP) is 3.84. The van der Waals surface area contributed by atoms with Crippen molar-refractivity contribution in [1.29, 1.82) is 0 Å². The van der Waals surface area contributed by atoms with E-state index in [2.05, 4.69) is 20.2 Å². The number of rotatable bonds is 4. The minimum atomic E-state index is -0.760. The first-order valence-electron chi connectivity index (χ1n) is 11.3. The van der Waals surface area contributed by atoms with Gasteiger partial charge in [0.25, 0.3) is 5.56 Å². The highest BCUT2D eigenvalue weighted by Crippen LogP contribution is 2.39. The monoisotopic (exact) mass is 464 g/mol. The summed E-state index contributed by atoms with van der Waals surface area (Å²) in [6, 6.07) is 3.78. The lowest BCUT2D eigenvalue weighted by atomic mass is 9.92. The van der Waals surface area contributed by atoms with Gasteiger partial charge in [-0.2, -0.15) is 10.2 Å². The SMILES string of the molecule is Cn1ncc2c(-c3ccc(F)cc3F)nc([C@H]3CCO[C@H](c4cnn(C5CC5)c4)C3)nc2c1=O. The van der Waals surface area contributed by atoms with E-state index in [1.807, 2.05) is 17.1 Å². The van der Waals surface area contributed by atoms with Crippen molar-refractivity contribution in [2.45, 2.75) is 43.7 Å². The standard InChI is InChI=1S/C24H22F2N6O2/c1-31-24(33)22-18(11-27-31)21(17-5-2-15(25)9-19(17)26)29-23(30-22)13-6-7-34-20(8-13)14-10-28-32(12-14)16-3-4-16/h2,5,9-13,16,20H,3-4,6-8H2,1H3/t13-,20-/m0/s1. The lowest BCUT2D eigenvalue weighted by Crippen LogP contribution is -2.24. The Hall–Kier alpha value is -3.53. The number of nitrogens with zero attached hydrogens (tertiary/aromatic N) is 6. The second kappa shape index (κ2) is 8.05. The fourth-order valence-corrected chi connectivity index (χ4v) is 4.51. The van der Waals surface area contributed by atoms with Gasteiger partial charge in [0.2, 0.25) is 0 Å². The van der Waals surface area contributed by atoms with Gasteiger partial charge in [-0.15, -0.1) is 0 Å². The van der Waals surface area contributed by atoms with Gasteiger partial charge in [-0.3, -0.25) is 9.48 Å². The summed E-state index contributed by atoms with van der Waals surface area (Å²) in [5, 5.41) is 8.85. The van der Waals surface area contributed by atoms with E-state index in [4.69, 9.17) is 4.74 Å². The highest BCUT2D eigenvalue weighted by Gasteiger charge is 2.31. The van der Waals surface area contributed by atoms with Crippen LogP contribution in [0.15, 0.2) is 41.6 Å². The van der Waals surface area contributed by atoms with Crippen LogP contribution in [0, 0.1) is 11.6 Å². The molecule has 1 saturated carbocycles. The Kier molecular flexibility index (Phi) is 4.98.